The maximum Gasteiger partial charge on any atom is 0.316 e. The van der Waals surface area contributed by atoms with E-state index in [0.29, 0.717) is 57.4 Å². The summed E-state index contributed by atoms with van der Waals surface area (Å²) in [5.74, 6) is 2.29. The Morgan fingerprint density at radius 3 is 2.69 bits per heavy atom. The fourth-order valence-corrected chi connectivity index (χ4v) is 7.34. The summed E-state index contributed by atoms with van der Waals surface area (Å²) in [4.78, 5) is 17.3. The van der Waals surface area contributed by atoms with Crippen LogP contribution in [0, 0.1) is 68.2 Å². The number of aromatic nitrogens is 3. The first-order valence-corrected chi connectivity index (χ1v) is 15.2. The van der Waals surface area contributed by atoms with Gasteiger partial charge in [-0.25, -0.2) is 19.2 Å². The number of phenols is 1. The molecule has 4 aliphatic rings. The Labute approximate surface area is 283 Å². The van der Waals surface area contributed by atoms with E-state index in [9.17, 15) is 23.4 Å². The summed E-state index contributed by atoms with van der Waals surface area (Å²) in [6, 6.07) is 6.51. The average Bonchev–Trinajstić information content (AvgIpc) is 3.30. The van der Waals surface area contributed by atoms with Crippen molar-refractivity contribution >= 4 is 27.5 Å². The van der Waals surface area contributed by atoms with Crippen molar-refractivity contribution in [2.24, 2.45) is 5.92 Å². The normalized spacial score (nSPS) is 24.3. The van der Waals surface area contributed by atoms with E-state index in [0.717, 1.165) is 38.6 Å². The van der Waals surface area contributed by atoms with Crippen LogP contribution in [0.2, 0.25) is 0 Å². The van der Waals surface area contributed by atoms with Crippen LogP contribution in [0.1, 0.15) is 49.7 Å². The number of halogens is 3. The van der Waals surface area contributed by atoms with E-state index in [4.69, 9.17) is 6.42 Å². The SMILES string of the molecule is C#Cc1c(F)ccc2cc(O)cc(-c3ncc4c(N5CCCC[C@H]6[C@H](F)[C@H]65)nc(O)nc4c3C)c12.F[C@@H]1C[C-]2CCCN2C1.[U]. The number of aromatic hydroxyl groups is 2. The van der Waals surface area contributed by atoms with Crippen LogP contribution < -0.4 is 4.90 Å². The van der Waals surface area contributed by atoms with Crippen LogP contribution in [0.3, 0.4) is 0 Å². The zero-order chi connectivity index (χ0) is 30.7. The number of hydrogen-bond acceptors (Lipinski definition) is 7. The predicted octanol–water partition coefficient (Wildman–Crippen LogP) is 6.37. The van der Waals surface area contributed by atoms with Crippen LogP contribution in [0.4, 0.5) is 19.0 Å². The molecule has 0 bridgehead atoms. The van der Waals surface area contributed by atoms with Crippen LogP contribution in [0.15, 0.2) is 30.5 Å². The maximum atomic E-state index is 14.6. The quantitative estimate of drug-likeness (QED) is 0.180. The molecule has 1 aliphatic carbocycles. The Hall–Kier alpha value is -3.05. The second kappa shape index (κ2) is 12.6. The number of rotatable bonds is 2. The zero-order valence-corrected chi connectivity index (χ0v) is 29.1. The molecule has 11 heteroatoms. The number of benzene rings is 2. The van der Waals surface area contributed by atoms with Gasteiger partial charge >= 0.3 is 6.01 Å². The Morgan fingerprint density at radius 2 is 1.91 bits per heavy atom. The summed E-state index contributed by atoms with van der Waals surface area (Å²) in [6.45, 7) is 4.20. The number of anilines is 1. The van der Waals surface area contributed by atoms with Gasteiger partial charge in [0.05, 0.1) is 34.4 Å². The van der Waals surface area contributed by atoms with Gasteiger partial charge in [0.15, 0.2) is 0 Å². The fraction of sp³-hybridized carbons (Fsp3) is 0.412. The van der Waals surface area contributed by atoms with Gasteiger partial charge in [0.2, 0.25) is 0 Å². The van der Waals surface area contributed by atoms with Crippen molar-refractivity contribution in [2.75, 3.05) is 24.5 Å². The van der Waals surface area contributed by atoms with Crippen molar-refractivity contribution in [2.45, 2.75) is 63.8 Å². The number of alkyl halides is 2. The molecule has 2 aromatic heterocycles. The van der Waals surface area contributed by atoms with E-state index in [1.54, 1.807) is 19.2 Å². The average molecular weight is 839 g/mol. The number of terminal acetylenes is 1. The largest absolute Gasteiger partial charge is 0.508 e. The topological polar surface area (TPSA) is 85.6 Å². The molecule has 2 N–H and O–H groups in total. The van der Waals surface area contributed by atoms with Crippen molar-refractivity contribution < 1.29 is 54.5 Å². The molecule has 0 amide bonds. The minimum absolute atomic E-state index is 0. The van der Waals surface area contributed by atoms with E-state index in [1.807, 2.05) is 4.90 Å². The van der Waals surface area contributed by atoms with Crippen molar-refractivity contribution in [1.82, 2.24) is 19.9 Å². The van der Waals surface area contributed by atoms with Gasteiger partial charge in [0.25, 0.3) is 0 Å². The molecular formula is C34H33F3N5O2U-. The smallest absolute Gasteiger partial charge is 0.316 e. The predicted molar refractivity (Wildman–Crippen MR) is 163 cm³/mol. The molecule has 2 aromatic carbocycles. The second-order valence-electron chi connectivity index (χ2n) is 12.2. The van der Waals surface area contributed by atoms with Crippen molar-refractivity contribution in [1.29, 1.82) is 0 Å². The third-order valence-electron chi connectivity index (χ3n) is 9.47. The molecule has 4 aromatic rings. The van der Waals surface area contributed by atoms with Crippen LogP contribution >= 0.6 is 0 Å². The molecule has 0 radical (unpaired) electrons. The molecule has 1 saturated carbocycles. The van der Waals surface area contributed by atoms with Crippen molar-refractivity contribution in [3.8, 4) is 35.4 Å². The van der Waals surface area contributed by atoms with E-state index < -0.39 is 24.2 Å². The van der Waals surface area contributed by atoms with Gasteiger partial charge in [-0.3, -0.25) is 4.98 Å². The number of pyridine rings is 1. The van der Waals surface area contributed by atoms with Gasteiger partial charge in [0.1, 0.15) is 23.6 Å². The van der Waals surface area contributed by atoms with Gasteiger partial charge in [-0.2, -0.15) is 16.4 Å². The summed E-state index contributed by atoms with van der Waals surface area (Å²) >= 11 is 0. The molecular weight excluding hydrogens is 805 g/mol. The molecule has 5 heterocycles. The number of nitrogens with zero attached hydrogens (tertiary/aromatic N) is 5. The second-order valence-corrected chi connectivity index (χ2v) is 12.2. The van der Waals surface area contributed by atoms with Crippen LogP contribution in [0.5, 0.6) is 11.8 Å². The minimum atomic E-state index is -0.911. The standard InChI is InChI=1S/C27H22F2N4O2.C7H11FN.U/c1-3-16-20(28)8-7-14-10-15(34)11-18(21(14)16)23-13(2)24-19(12-30-23)26(32-27(35)31-24)33-9-5-4-6-17-22(29)25(17)33;8-6-4-7-2-1-3-9(7)5-6;/h1,7-8,10-12,17,22,25,34H,4-6,9H2,2H3,(H,31,32,35);6H,1-5H2;/q;-1;/t17-,22-,25-;6-;/m01./s1. The van der Waals surface area contributed by atoms with Crippen LogP contribution in [-0.4, -0.2) is 68.1 Å². The number of aryl methyl sites for hydroxylation is 1. The van der Waals surface area contributed by atoms with Gasteiger partial charge in [-0.1, -0.05) is 24.8 Å². The molecule has 4 atom stereocenters. The Bertz CT molecular complexity index is 1810. The van der Waals surface area contributed by atoms with Crippen molar-refractivity contribution in [3.63, 3.8) is 0 Å². The van der Waals surface area contributed by atoms with Gasteiger partial charge in [0, 0.05) is 66.3 Å². The molecule has 45 heavy (non-hydrogen) atoms. The Balaban J connectivity index is 0.000000306. The third-order valence-corrected chi connectivity index (χ3v) is 9.47. The number of fused-ring (bicyclic) bond motifs is 4. The van der Waals surface area contributed by atoms with Gasteiger partial charge in [-0.05, 0) is 56.4 Å². The summed E-state index contributed by atoms with van der Waals surface area (Å²) in [5.41, 5.74) is 2.01. The first-order valence-electron chi connectivity index (χ1n) is 15.2. The molecule has 4 fully saturated rings. The third kappa shape index (κ3) is 5.75. The van der Waals surface area contributed by atoms with E-state index in [1.165, 1.54) is 30.7 Å². The summed E-state index contributed by atoms with van der Waals surface area (Å²) in [7, 11) is 0. The minimum Gasteiger partial charge on any atom is -0.508 e. The number of hydrogen-bond donors (Lipinski definition) is 2. The molecule has 0 unspecified atom stereocenters. The first kappa shape index (κ1) is 31.9. The summed E-state index contributed by atoms with van der Waals surface area (Å²) < 4.78 is 41.7. The molecule has 8 rings (SSSR count). The van der Waals surface area contributed by atoms with E-state index in [2.05, 4.69) is 25.8 Å². The van der Waals surface area contributed by atoms with E-state index in [-0.39, 0.29) is 54.4 Å². The van der Waals surface area contributed by atoms with Crippen LogP contribution in [-0.2, 0) is 0 Å². The van der Waals surface area contributed by atoms with Gasteiger partial charge < -0.3 is 20.0 Å². The zero-order valence-electron chi connectivity index (χ0n) is 24.9. The maximum absolute atomic E-state index is 14.6. The summed E-state index contributed by atoms with van der Waals surface area (Å²) in [6.07, 6.45) is 11.6. The molecule has 3 saturated heterocycles. The molecule has 232 valence electrons. The monoisotopic (exact) mass is 838 g/mol. The Kier molecular flexibility index (Phi) is 8.95. The first-order chi connectivity index (χ1) is 21.2. The van der Waals surface area contributed by atoms with Crippen LogP contribution in [0.25, 0.3) is 32.9 Å². The van der Waals surface area contributed by atoms with Gasteiger partial charge in [-0.15, -0.1) is 12.8 Å². The Morgan fingerprint density at radius 1 is 1.09 bits per heavy atom. The molecule has 7 nitrogen and oxygen atoms in total. The fourth-order valence-electron chi connectivity index (χ4n) is 7.34. The van der Waals surface area contributed by atoms with E-state index >= 15 is 0 Å². The summed E-state index contributed by atoms with van der Waals surface area (Å²) in [5, 5.41) is 22.4. The van der Waals surface area contributed by atoms with Crippen molar-refractivity contribution in [3.05, 3.63) is 53.4 Å². The molecule has 0 spiro atoms. The number of phenolic OH excluding ortho intramolecular Hbond substituents is 1. The molecule has 3 aliphatic heterocycles.